The lowest BCUT2D eigenvalue weighted by Crippen LogP contribution is -2.20. The number of hydrogen-bond donors (Lipinski definition) is 1. The highest BCUT2D eigenvalue weighted by Gasteiger charge is 2.20. The molecule has 2 aromatic rings. The van der Waals surface area contributed by atoms with Crippen LogP contribution in [0.1, 0.15) is 25.6 Å². The molecule has 0 amide bonds. The Kier molecular flexibility index (Phi) is 3.40. The molecule has 2 nitrogen and oxygen atoms in total. The quantitative estimate of drug-likeness (QED) is 0.892. The fraction of sp³-hybridized carbons (Fsp3) is 0.385. The number of nitrogens with one attached hydrogen (secondary N) is 1. The Bertz CT molecular complexity index is 535. The minimum Gasteiger partial charge on any atom is -0.456 e. The number of benzene rings is 1. The zero-order valence-corrected chi connectivity index (χ0v) is 10.8. The summed E-state index contributed by atoms with van der Waals surface area (Å²) in [6.45, 7) is 4.16. The number of fused-ring (bicyclic) bond motifs is 1. The average molecular weight is 256 g/mol. The van der Waals surface area contributed by atoms with Gasteiger partial charge in [0.1, 0.15) is 5.76 Å². The first-order valence-electron chi connectivity index (χ1n) is 5.59. The second-order valence-corrected chi connectivity index (χ2v) is 4.85. The van der Waals surface area contributed by atoms with Gasteiger partial charge in [0.25, 0.3) is 0 Å². The summed E-state index contributed by atoms with van der Waals surface area (Å²) in [4.78, 5) is 0. The zero-order valence-electron chi connectivity index (χ0n) is 10.1. The van der Waals surface area contributed by atoms with Gasteiger partial charge in [0, 0.05) is 5.39 Å². The van der Waals surface area contributed by atoms with E-state index in [1.807, 2.05) is 13.1 Å². The average Bonchev–Trinajstić information content (AvgIpc) is 2.68. The zero-order chi connectivity index (χ0) is 12.6. The second-order valence-electron chi connectivity index (χ2n) is 4.44. The molecule has 0 aliphatic rings. The molecule has 0 aliphatic carbocycles. The van der Waals surface area contributed by atoms with Crippen LogP contribution in [0.2, 0.25) is 5.02 Å². The molecule has 0 bridgehead atoms. The Hall–Kier alpha value is -1.06. The highest BCUT2D eigenvalue weighted by atomic mass is 35.5. The van der Waals surface area contributed by atoms with E-state index in [9.17, 15) is 4.39 Å². The molecular weight excluding hydrogens is 241 g/mol. The van der Waals surface area contributed by atoms with Gasteiger partial charge in [-0.05, 0) is 31.2 Å². The fourth-order valence-electron chi connectivity index (χ4n) is 2.02. The summed E-state index contributed by atoms with van der Waals surface area (Å²) in [7, 11) is 1.86. The Morgan fingerprint density at radius 2 is 2.06 bits per heavy atom. The normalized spacial score (nSPS) is 13.5. The molecule has 4 heteroatoms. The fourth-order valence-corrected chi connectivity index (χ4v) is 2.17. The van der Waals surface area contributed by atoms with Crippen LogP contribution in [0.4, 0.5) is 4.39 Å². The van der Waals surface area contributed by atoms with E-state index in [1.165, 1.54) is 0 Å². The number of furan rings is 1. The van der Waals surface area contributed by atoms with Gasteiger partial charge in [0.05, 0.1) is 11.1 Å². The molecule has 0 saturated heterocycles. The topological polar surface area (TPSA) is 25.2 Å². The maximum Gasteiger partial charge on any atom is 0.184 e. The van der Waals surface area contributed by atoms with E-state index in [0.717, 1.165) is 11.1 Å². The first kappa shape index (κ1) is 12.4. The van der Waals surface area contributed by atoms with Gasteiger partial charge in [-0.1, -0.05) is 25.4 Å². The van der Waals surface area contributed by atoms with Crippen molar-refractivity contribution in [3.05, 3.63) is 34.8 Å². The first-order valence-corrected chi connectivity index (χ1v) is 5.97. The molecule has 0 radical (unpaired) electrons. The van der Waals surface area contributed by atoms with Gasteiger partial charge in [0.2, 0.25) is 0 Å². The van der Waals surface area contributed by atoms with Crippen molar-refractivity contribution in [2.45, 2.75) is 19.9 Å². The molecule has 0 spiro atoms. The lowest BCUT2D eigenvalue weighted by Gasteiger charge is -2.17. The van der Waals surface area contributed by atoms with Crippen molar-refractivity contribution in [1.82, 2.24) is 5.32 Å². The van der Waals surface area contributed by atoms with Crippen molar-refractivity contribution < 1.29 is 8.81 Å². The maximum absolute atomic E-state index is 13.7. The van der Waals surface area contributed by atoms with Gasteiger partial charge in [-0.15, -0.1) is 0 Å². The maximum atomic E-state index is 13.7. The minimum atomic E-state index is -0.492. The van der Waals surface area contributed by atoms with Crippen LogP contribution in [0.3, 0.4) is 0 Å². The van der Waals surface area contributed by atoms with Crippen LogP contribution in [-0.4, -0.2) is 7.05 Å². The highest BCUT2D eigenvalue weighted by Crippen LogP contribution is 2.31. The van der Waals surface area contributed by atoms with Crippen molar-refractivity contribution in [2.24, 2.45) is 5.92 Å². The molecule has 0 aliphatic heterocycles. The van der Waals surface area contributed by atoms with Crippen molar-refractivity contribution in [3.63, 3.8) is 0 Å². The lowest BCUT2D eigenvalue weighted by atomic mass is 10.0. The van der Waals surface area contributed by atoms with E-state index in [1.54, 1.807) is 12.1 Å². The standard InChI is InChI=1S/C13H15ClFNO/c1-7(2)12(16-3)10-6-8-4-5-9(14)11(15)13(8)17-10/h4-7,12,16H,1-3H3. The third kappa shape index (κ3) is 2.17. The summed E-state index contributed by atoms with van der Waals surface area (Å²) in [5.41, 5.74) is 0.230. The monoisotopic (exact) mass is 255 g/mol. The molecule has 1 aromatic heterocycles. The molecule has 1 atom stereocenters. The van der Waals surface area contributed by atoms with E-state index in [4.69, 9.17) is 16.0 Å². The van der Waals surface area contributed by atoms with Crippen LogP contribution in [0, 0.1) is 11.7 Å². The molecule has 1 aromatic carbocycles. The Balaban J connectivity index is 2.54. The van der Waals surface area contributed by atoms with Gasteiger partial charge in [0.15, 0.2) is 11.4 Å². The smallest absolute Gasteiger partial charge is 0.184 e. The minimum absolute atomic E-state index is 0.0700. The molecular formula is C13H15ClFNO. The summed E-state index contributed by atoms with van der Waals surface area (Å²) in [5, 5.41) is 3.99. The Morgan fingerprint density at radius 3 is 2.65 bits per heavy atom. The summed E-state index contributed by atoms with van der Waals surface area (Å²) in [6.07, 6.45) is 0. The Morgan fingerprint density at radius 1 is 1.35 bits per heavy atom. The van der Waals surface area contributed by atoms with Crippen molar-refractivity contribution >= 4 is 22.6 Å². The van der Waals surface area contributed by atoms with Crippen LogP contribution in [0.25, 0.3) is 11.0 Å². The van der Waals surface area contributed by atoms with Gasteiger partial charge < -0.3 is 9.73 Å². The molecule has 17 heavy (non-hydrogen) atoms. The first-order chi connectivity index (χ1) is 8.04. The molecule has 1 N–H and O–H groups in total. The largest absolute Gasteiger partial charge is 0.456 e. The van der Waals surface area contributed by atoms with Crippen LogP contribution in [-0.2, 0) is 0 Å². The summed E-state index contributed by atoms with van der Waals surface area (Å²) < 4.78 is 19.3. The van der Waals surface area contributed by atoms with Crippen LogP contribution in [0.15, 0.2) is 22.6 Å². The van der Waals surface area contributed by atoms with Crippen LogP contribution >= 0.6 is 11.6 Å². The van der Waals surface area contributed by atoms with Crippen molar-refractivity contribution in [1.29, 1.82) is 0 Å². The molecule has 0 fully saturated rings. The van der Waals surface area contributed by atoms with E-state index < -0.39 is 5.82 Å². The van der Waals surface area contributed by atoms with Gasteiger partial charge >= 0.3 is 0 Å². The van der Waals surface area contributed by atoms with E-state index in [0.29, 0.717) is 5.92 Å². The number of halogens is 2. The van der Waals surface area contributed by atoms with E-state index >= 15 is 0 Å². The number of rotatable bonds is 3. The molecule has 1 heterocycles. The SMILES string of the molecule is CNC(c1cc2ccc(Cl)c(F)c2o1)C(C)C. The second kappa shape index (κ2) is 4.67. The molecule has 2 rings (SSSR count). The molecule has 92 valence electrons. The summed E-state index contributed by atoms with van der Waals surface area (Å²) >= 11 is 5.72. The molecule has 1 unspecified atom stereocenters. The van der Waals surface area contributed by atoms with Gasteiger partial charge in [-0.2, -0.15) is 0 Å². The van der Waals surface area contributed by atoms with Crippen LogP contribution in [0.5, 0.6) is 0 Å². The molecule has 0 saturated carbocycles. The van der Waals surface area contributed by atoms with Gasteiger partial charge in [-0.3, -0.25) is 0 Å². The summed E-state index contributed by atoms with van der Waals surface area (Å²) in [6, 6.07) is 5.24. The van der Waals surface area contributed by atoms with Crippen molar-refractivity contribution in [3.8, 4) is 0 Å². The van der Waals surface area contributed by atoms with E-state index in [2.05, 4.69) is 19.2 Å². The Labute approximate surface area is 105 Å². The predicted molar refractivity (Wildman–Crippen MR) is 67.8 cm³/mol. The number of hydrogen-bond acceptors (Lipinski definition) is 2. The van der Waals surface area contributed by atoms with Crippen LogP contribution < -0.4 is 5.32 Å². The van der Waals surface area contributed by atoms with Crippen molar-refractivity contribution in [2.75, 3.05) is 7.05 Å². The van der Waals surface area contributed by atoms with E-state index in [-0.39, 0.29) is 16.6 Å². The summed E-state index contributed by atoms with van der Waals surface area (Å²) in [5.74, 6) is 0.604. The van der Waals surface area contributed by atoms with Gasteiger partial charge in [-0.25, -0.2) is 4.39 Å². The highest BCUT2D eigenvalue weighted by molar-refractivity contribution is 6.31. The third-order valence-corrected chi connectivity index (χ3v) is 3.17. The third-order valence-electron chi connectivity index (χ3n) is 2.88. The predicted octanol–water partition coefficient (Wildman–Crippen LogP) is 4.14. The lowest BCUT2D eigenvalue weighted by molar-refractivity contribution is 0.368.